The Balaban J connectivity index is 1.81. The molecule has 0 bridgehead atoms. The fourth-order valence-corrected chi connectivity index (χ4v) is 2.53. The van der Waals surface area contributed by atoms with Crippen LogP contribution >= 0.6 is 0 Å². The zero-order chi connectivity index (χ0) is 16.1. The first-order valence-electron chi connectivity index (χ1n) is 7.63. The topological polar surface area (TPSA) is 75.7 Å². The molecule has 0 spiro atoms. The van der Waals surface area contributed by atoms with Gasteiger partial charge in [0, 0.05) is 19.2 Å². The van der Waals surface area contributed by atoms with Crippen molar-refractivity contribution in [3.8, 4) is 0 Å². The van der Waals surface area contributed by atoms with Crippen LogP contribution in [-0.4, -0.2) is 29.8 Å². The Morgan fingerprint density at radius 1 is 1.04 bits per heavy atom. The van der Waals surface area contributed by atoms with Crippen LogP contribution in [0.3, 0.4) is 0 Å². The van der Waals surface area contributed by atoms with Crippen LogP contribution in [0.25, 0.3) is 6.08 Å². The maximum atomic E-state index is 12.7. The highest BCUT2D eigenvalue weighted by atomic mass is 16.3. The summed E-state index contributed by atoms with van der Waals surface area (Å²) >= 11 is 0. The van der Waals surface area contributed by atoms with Crippen LogP contribution < -0.4 is 5.32 Å². The van der Waals surface area contributed by atoms with E-state index in [2.05, 4.69) is 5.32 Å². The Bertz CT molecular complexity index is 680. The Kier molecular flexibility index (Phi) is 4.61. The van der Waals surface area contributed by atoms with Gasteiger partial charge in [-0.3, -0.25) is 9.59 Å². The van der Waals surface area contributed by atoms with Crippen molar-refractivity contribution in [1.82, 2.24) is 10.2 Å². The fraction of sp³-hybridized carbons (Fsp3) is 0.294. The third kappa shape index (κ3) is 3.71. The van der Waals surface area contributed by atoms with E-state index in [1.807, 2.05) is 0 Å². The largest absolute Gasteiger partial charge is 0.465 e. The molecule has 3 heterocycles. The van der Waals surface area contributed by atoms with Crippen molar-refractivity contribution in [2.45, 2.75) is 19.3 Å². The van der Waals surface area contributed by atoms with Gasteiger partial charge >= 0.3 is 0 Å². The van der Waals surface area contributed by atoms with Gasteiger partial charge in [-0.15, -0.1) is 0 Å². The average molecular weight is 314 g/mol. The molecule has 3 rings (SSSR count). The predicted octanol–water partition coefficient (Wildman–Crippen LogP) is 2.66. The Hall–Kier alpha value is -2.76. The molecule has 0 saturated carbocycles. The van der Waals surface area contributed by atoms with Crippen LogP contribution in [0.1, 0.15) is 35.6 Å². The number of piperidine rings is 1. The predicted molar refractivity (Wildman–Crippen MR) is 83.3 cm³/mol. The Morgan fingerprint density at radius 3 is 2.43 bits per heavy atom. The molecule has 0 atom stereocenters. The summed E-state index contributed by atoms with van der Waals surface area (Å²) in [6.45, 7) is 1.40. The molecule has 0 aliphatic carbocycles. The lowest BCUT2D eigenvalue weighted by molar-refractivity contribution is -0.128. The summed E-state index contributed by atoms with van der Waals surface area (Å²) < 4.78 is 10.3. The van der Waals surface area contributed by atoms with Crippen molar-refractivity contribution in [3.05, 3.63) is 54.0 Å². The number of amides is 2. The molecule has 6 heteroatoms. The van der Waals surface area contributed by atoms with E-state index in [1.165, 1.54) is 18.6 Å². The van der Waals surface area contributed by atoms with Gasteiger partial charge in [0.05, 0.1) is 12.5 Å². The number of furan rings is 2. The lowest BCUT2D eigenvalue weighted by Crippen LogP contribution is -2.41. The molecule has 6 nitrogen and oxygen atoms in total. The van der Waals surface area contributed by atoms with Crippen molar-refractivity contribution < 1.29 is 18.4 Å². The van der Waals surface area contributed by atoms with E-state index in [1.54, 1.807) is 29.2 Å². The number of hydrogen-bond acceptors (Lipinski definition) is 4. The summed E-state index contributed by atoms with van der Waals surface area (Å²) in [5.74, 6) is -0.00827. The second-order valence-electron chi connectivity index (χ2n) is 5.36. The van der Waals surface area contributed by atoms with Gasteiger partial charge in [0.15, 0.2) is 5.76 Å². The second kappa shape index (κ2) is 7.00. The maximum absolute atomic E-state index is 12.7. The third-order valence-corrected chi connectivity index (χ3v) is 3.70. The second-order valence-corrected chi connectivity index (χ2v) is 5.36. The molecule has 23 heavy (non-hydrogen) atoms. The first kappa shape index (κ1) is 15.1. The van der Waals surface area contributed by atoms with E-state index >= 15 is 0 Å². The lowest BCUT2D eigenvalue weighted by Gasteiger charge is -2.27. The van der Waals surface area contributed by atoms with Crippen LogP contribution in [0.2, 0.25) is 0 Å². The molecule has 1 aliphatic rings. The highest BCUT2D eigenvalue weighted by Crippen LogP contribution is 2.14. The summed E-state index contributed by atoms with van der Waals surface area (Å²) in [4.78, 5) is 26.6. The van der Waals surface area contributed by atoms with E-state index in [4.69, 9.17) is 8.83 Å². The smallest absolute Gasteiger partial charge is 0.291 e. The standard InChI is InChI=1S/C17H18N2O4/c20-16(15-7-5-11-23-15)18-14(12-13-6-4-10-22-13)17(21)19-8-2-1-3-9-19/h4-7,10-12H,1-3,8-9H2,(H,18,20)/b14-12+. The molecule has 2 aromatic heterocycles. The zero-order valence-electron chi connectivity index (χ0n) is 12.7. The highest BCUT2D eigenvalue weighted by Gasteiger charge is 2.23. The molecule has 1 N–H and O–H groups in total. The van der Waals surface area contributed by atoms with Crippen LogP contribution in [-0.2, 0) is 4.79 Å². The molecular weight excluding hydrogens is 296 g/mol. The number of rotatable bonds is 4. The highest BCUT2D eigenvalue weighted by molar-refractivity contribution is 6.04. The van der Waals surface area contributed by atoms with Crippen LogP contribution in [0, 0.1) is 0 Å². The van der Waals surface area contributed by atoms with Gasteiger partial charge in [0.25, 0.3) is 11.8 Å². The van der Waals surface area contributed by atoms with E-state index < -0.39 is 5.91 Å². The number of hydrogen-bond donors (Lipinski definition) is 1. The average Bonchev–Trinajstić information content (AvgIpc) is 3.28. The van der Waals surface area contributed by atoms with Crippen molar-refractivity contribution in [2.75, 3.05) is 13.1 Å². The number of carbonyl (C=O) groups excluding carboxylic acids is 2. The number of nitrogens with one attached hydrogen (secondary N) is 1. The number of nitrogens with zero attached hydrogens (tertiary/aromatic N) is 1. The van der Waals surface area contributed by atoms with Crippen LogP contribution in [0.15, 0.2) is 51.3 Å². The monoisotopic (exact) mass is 314 g/mol. The van der Waals surface area contributed by atoms with Gasteiger partial charge in [-0.2, -0.15) is 0 Å². The van der Waals surface area contributed by atoms with Crippen molar-refractivity contribution >= 4 is 17.9 Å². The van der Waals surface area contributed by atoms with Crippen molar-refractivity contribution in [2.24, 2.45) is 0 Å². The summed E-state index contributed by atoms with van der Waals surface area (Å²) in [6, 6.07) is 6.62. The molecule has 1 aliphatic heterocycles. The minimum atomic E-state index is -0.460. The Morgan fingerprint density at radius 2 is 1.78 bits per heavy atom. The maximum Gasteiger partial charge on any atom is 0.291 e. The molecule has 1 fully saturated rings. The van der Waals surface area contributed by atoms with Gasteiger partial charge in [-0.1, -0.05) is 0 Å². The minimum Gasteiger partial charge on any atom is -0.465 e. The van der Waals surface area contributed by atoms with Crippen molar-refractivity contribution in [1.29, 1.82) is 0 Å². The van der Waals surface area contributed by atoms with Crippen LogP contribution in [0.4, 0.5) is 0 Å². The van der Waals surface area contributed by atoms with Gasteiger partial charge < -0.3 is 19.1 Å². The summed E-state index contributed by atoms with van der Waals surface area (Å²) in [5.41, 5.74) is 0.184. The SMILES string of the molecule is O=C(N/C(=C/c1ccco1)C(=O)N1CCCCC1)c1ccco1. The summed E-state index contributed by atoms with van der Waals surface area (Å²) in [6.07, 6.45) is 7.55. The molecule has 120 valence electrons. The molecule has 0 unspecified atom stereocenters. The van der Waals surface area contributed by atoms with E-state index in [0.29, 0.717) is 18.8 Å². The van der Waals surface area contributed by atoms with Gasteiger partial charge in [0.2, 0.25) is 0 Å². The first-order valence-corrected chi connectivity index (χ1v) is 7.63. The molecule has 0 radical (unpaired) electrons. The zero-order valence-corrected chi connectivity index (χ0v) is 12.7. The van der Waals surface area contributed by atoms with E-state index in [-0.39, 0.29) is 17.4 Å². The molecule has 1 saturated heterocycles. The Labute approximate surface area is 133 Å². The number of carbonyl (C=O) groups is 2. The van der Waals surface area contributed by atoms with E-state index in [0.717, 1.165) is 19.3 Å². The number of likely N-dealkylation sites (tertiary alicyclic amines) is 1. The quantitative estimate of drug-likeness (QED) is 0.880. The minimum absolute atomic E-state index is 0.154. The molecule has 0 aromatic carbocycles. The molecule has 2 aromatic rings. The van der Waals surface area contributed by atoms with Crippen molar-refractivity contribution in [3.63, 3.8) is 0 Å². The summed E-state index contributed by atoms with van der Waals surface area (Å²) in [5, 5.41) is 2.63. The van der Waals surface area contributed by atoms with Gasteiger partial charge in [-0.25, -0.2) is 0 Å². The normalized spacial score (nSPS) is 15.5. The summed E-state index contributed by atoms with van der Waals surface area (Å²) in [7, 11) is 0. The molecular formula is C17H18N2O4. The lowest BCUT2D eigenvalue weighted by atomic mass is 10.1. The van der Waals surface area contributed by atoms with Gasteiger partial charge in [0.1, 0.15) is 11.5 Å². The first-order chi connectivity index (χ1) is 11.2. The van der Waals surface area contributed by atoms with E-state index in [9.17, 15) is 9.59 Å². The van der Waals surface area contributed by atoms with Crippen LogP contribution in [0.5, 0.6) is 0 Å². The molecule has 2 amide bonds. The third-order valence-electron chi connectivity index (χ3n) is 3.70. The fourth-order valence-electron chi connectivity index (χ4n) is 2.53. The van der Waals surface area contributed by atoms with Gasteiger partial charge in [-0.05, 0) is 43.5 Å².